The van der Waals surface area contributed by atoms with Crippen LogP contribution in [0.5, 0.6) is 5.75 Å². The van der Waals surface area contributed by atoms with Crippen molar-refractivity contribution in [1.82, 2.24) is 14.8 Å². The molecule has 1 aromatic carbocycles. The van der Waals surface area contributed by atoms with Crippen LogP contribution >= 0.6 is 0 Å². The average molecular weight is 647 g/mol. The number of fused-ring (bicyclic) bond motifs is 5. The summed E-state index contributed by atoms with van der Waals surface area (Å²) in [6.07, 6.45) is 5.45. The number of rotatable bonds is 11. The standard InChI is InChI=1S/C32H38F2N4O8.H2/c1-4-5-6-7-12-43-31(42)45-18-44-28-26-30(41)37-17-25(32(11-10-20(37)3)14-19(2)36-46-32)38(26)16-23(27(28)39)29(40)35-15-21-8-9-22(33)13-24(21)34;/h8-9,13,16,20,25H,4-7,10-12,14-15,17-18H2,1-3H3,(H,35,40);1H/t20-,25+,32-;/m0./s1. The minimum Gasteiger partial charge on any atom is -0.451 e. The molecule has 14 heteroatoms. The van der Waals surface area contributed by atoms with Crippen molar-refractivity contribution in [2.75, 3.05) is 19.9 Å². The maximum atomic E-state index is 14.3. The van der Waals surface area contributed by atoms with Gasteiger partial charge in [-0.1, -0.05) is 37.4 Å². The van der Waals surface area contributed by atoms with Crippen molar-refractivity contribution in [3.05, 3.63) is 63.1 Å². The molecule has 250 valence electrons. The number of hydrogen-bond donors (Lipinski definition) is 1. The lowest BCUT2D eigenvalue weighted by Gasteiger charge is -2.42. The smallest absolute Gasteiger partial charge is 0.451 e. The number of carbonyl (C=O) groups excluding carboxylic acids is 3. The maximum Gasteiger partial charge on any atom is 0.511 e. The molecule has 46 heavy (non-hydrogen) atoms. The monoisotopic (exact) mass is 646 g/mol. The number of hydrogen-bond acceptors (Lipinski definition) is 9. The highest BCUT2D eigenvalue weighted by Crippen LogP contribution is 2.46. The summed E-state index contributed by atoms with van der Waals surface area (Å²) in [4.78, 5) is 61.0. The lowest BCUT2D eigenvalue weighted by molar-refractivity contribution is -0.0658. The second-order valence-corrected chi connectivity index (χ2v) is 12.0. The first-order valence-electron chi connectivity index (χ1n) is 15.5. The molecule has 1 spiro atoms. The lowest BCUT2D eigenvalue weighted by Crippen LogP contribution is -2.52. The van der Waals surface area contributed by atoms with Crippen LogP contribution in [0, 0.1) is 11.6 Å². The average Bonchev–Trinajstić information content (AvgIpc) is 3.35. The molecule has 2 aromatic rings. The summed E-state index contributed by atoms with van der Waals surface area (Å²) in [5, 5.41) is 6.69. The highest BCUT2D eigenvalue weighted by atomic mass is 19.1. The summed E-state index contributed by atoms with van der Waals surface area (Å²) < 4.78 is 44.9. The van der Waals surface area contributed by atoms with E-state index in [2.05, 4.69) is 17.4 Å². The van der Waals surface area contributed by atoms with Gasteiger partial charge in [0.1, 0.15) is 17.2 Å². The van der Waals surface area contributed by atoms with E-state index in [1.807, 2.05) is 13.8 Å². The van der Waals surface area contributed by atoms with Crippen LogP contribution in [0.3, 0.4) is 0 Å². The topological polar surface area (TPSA) is 138 Å². The SMILES string of the molecule is CCCCCCOC(=O)OCOc1c2n(cc(C(=O)NCc3ccc(F)cc3F)c1=O)[C@@H]1CN(C2=O)[C@@H](C)CC[C@]12CC(C)=NO2.[HH]. The number of oxime groups is 1. The molecule has 4 heterocycles. The molecular weight excluding hydrogens is 606 g/mol. The fraction of sp³-hybridized carbons (Fsp3) is 0.531. The second kappa shape index (κ2) is 13.9. The number of nitrogens with zero attached hydrogens (tertiary/aromatic N) is 3. The van der Waals surface area contributed by atoms with Gasteiger partial charge >= 0.3 is 6.16 Å². The summed E-state index contributed by atoms with van der Waals surface area (Å²) in [6, 6.07) is 2.15. The summed E-state index contributed by atoms with van der Waals surface area (Å²) >= 11 is 0. The zero-order valence-electron chi connectivity index (χ0n) is 26.1. The van der Waals surface area contributed by atoms with Gasteiger partial charge in [0.2, 0.25) is 18.0 Å². The van der Waals surface area contributed by atoms with Crippen molar-refractivity contribution in [3.63, 3.8) is 0 Å². The van der Waals surface area contributed by atoms with Crippen LogP contribution in [0.25, 0.3) is 0 Å². The lowest BCUT2D eigenvalue weighted by atomic mass is 9.84. The largest absolute Gasteiger partial charge is 0.511 e. The highest BCUT2D eigenvalue weighted by Gasteiger charge is 2.54. The number of pyridine rings is 1. The maximum absolute atomic E-state index is 14.3. The molecule has 0 unspecified atom stereocenters. The molecule has 0 radical (unpaired) electrons. The molecule has 0 saturated carbocycles. The third-order valence-corrected chi connectivity index (χ3v) is 8.72. The molecule has 5 rings (SSSR count). The third-order valence-electron chi connectivity index (χ3n) is 8.72. The van der Waals surface area contributed by atoms with Crippen molar-refractivity contribution in [2.45, 2.75) is 89.9 Å². The van der Waals surface area contributed by atoms with Gasteiger partial charge in [0.25, 0.3) is 11.8 Å². The first kappa shape index (κ1) is 32.9. The second-order valence-electron chi connectivity index (χ2n) is 12.0. The zero-order chi connectivity index (χ0) is 33.0. The van der Waals surface area contributed by atoms with Crippen LogP contribution in [0.4, 0.5) is 13.6 Å². The van der Waals surface area contributed by atoms with Gasteiger partial charge in [-0.3, -0.25) is 14.4 Å². The van der Waals surface area contributed by atoms with E-state index in [1.165, 1.54) is 16.8 Å². The Balaban J connectivity index is 0.00000500. The Kier molecular flexibility index (Phi) is 9.92. The molecule has 1 fully saturated rings. The Morgan fingerprint density at radius 3 is 2.72 bits per heavy atom. The predicted octanol–water partition coefficient (Wildman–Crippen LogP) is 5.09. The van der Waals surface area contributed by atoms with Gasteiger partial charge in [-0.2, -0.15) is 0 Å². The van der Waals surface area contributed by atoms with Crippen LogP contribution < -0.4 is 15.5 Å². The van der Waals surface area contributed by atoms with Gasteiger partial charge in [-0.05, 0) is 39.2 Å². The molecular formula is C32H40F2N4O8. The fourth-order valence-electron chi connectivity index (χ4n) is 6.20. The quantitative estimate of drug-likeness (QED) is 0.203. The predicted molar refractivity (Wildman–Crippen MR) is 163 cm³/mol. The molecule has 2 bridgehead atoms. The van der Waals surface area contributed by atoms with Crippen LogP contribution in [-0.4, -0.2) is 64.7 Å². The van der Waals surface area contributed by atoms with E-state index in [-0.39, 0.29) is 38.4 Å². The Labute approximate surface area is 266 Å². The normalized spacial score (nSPS) is 21.6. The van der Waals surface area contributed by atoms with Crippen molar-refractivity contribution in [2.24, 2.45) is 5.16 Å². The highest BCUT2D eigenvalue weighted by molar-refractivity contribution is 5.99. The van der Waals surface area contributed by atoms with Gasteiger partial charge in [0, 0.05) is 44.8 Å². The number of nitrogens with one attached hydrogen (secondary N) is 1. The number of carbonyl (C=O) groups is 3. The van der Waals surface area contributed by atoms with Crippen LogP contribution in [0.15, 0.2) is 34.3 Å². The van der Waals surface area contributed by atoms with E-state index in [0.29, 0.717) is 31.7 Å². The Bertz CT molecular complexity index is 1600. The minimum absolute atomic E-state index is 0. The summed E-state index contributed by atoms with van der Waals surface area (Å²) in [5.41, 5.74) is -1.56. The van der Waals surface area contributed by atoms with Crippen molar-refractivity contribution < 1.29 is 43.6 Å². The number of ether oxygens (including phenoxy) is 3. The van der Waals surface area contributed by atoms with E-state index < -0.39 is 64.8 Å². The van der Waals surface area contributed by atoms with E-state index in [9.17, 15) is 28.0 Å². The summed E-state index contributed by atoms with van der Waals surface area (Å²) in [7, 11) is 0. The number of amides is 2. The molecule has 1 aromatic heterocycles. The molecule has 2 amide bonds. The molecule has 3 aliphatic heterocycles. The third kappa shape index (κ3) is 6.70. The fourth-order valence-corrected chi connectivity index (χ4v) is 6.20. The van der Waals surface area contributed by atoms with Crippen LogP contribution in [-0.2, 0) is 20.9 Å². The van der Waals surface area contributed by atoms with Crippen LogP contribution in [0.1, 0.15) is 99.6 Å². The van der Waals surface area contributed by atoms with E-state index >= 15 is 0 Å². The molecule has 0 aliphatic carbocycles. The Hall–Kier alpha value is -4.49. The van der Waals surface area contributed by atoms with E-state index in [1.54, 1.807) is 4.90 Å². The molecule has 1 N–H and O–H groups in total. The van der Waals surface area contributed by atoms with Gasteiger partial charge in [0.05, 0.1) is 18.4 Å². The van der Waals surface area contributed by atoms with Crippen molar-refractivity contribution in [1.29, 1.82) is 0 Å². The molecule has 3 aliphatic rings. The first-order chi connectivity index (χ1) is 22.0. The van der Waals surface area contributed by atoms with Gasteiger partial charge in [0.15, 0.2) is 11.3 Å². The number of halogens is 2. The van der Waals surface area contributed by atoms with Gasteiger partial charge in [-0.15, -0.1) is 0 Å². The molecule has 3 atom stereocenters. The van der Waals surface area contributed by atoms with Crippen LogP contribution in [0.2, 0.25) is 0 Å². The first-order valence-corrected chi connectivity index (χ1v) is 15.5. The number of benzene rings is 1. The van der Waals surface area contributed by atoms with Gasteiger partial charge in [-0.25, -0.2) is 13.6 Å². The number of unbranched alkanes of at least 4 members (excludes halogenated alkanes) is 3. The molecule has 1 saturated heterocycles. The minimum atomic E-state index is -1.01. The number of aromatic nitrogens is 1. The van der Waals surface area contributed by atoms with Crippen molar-refractivity contribution in [3.8, 4) is 5.75 Å². The molecule has 12 nitrogen and oxygen atoms in total. The van der Waals surface area contributed by atoms with Gasteiger partial charge < -0.3 is 33.8 Å². The Morgan fingerprint density at radius 1 is 1.20 bits per heavy atom. The van der Waals surface area contributed by atoms with E-state index in [0.717, 1.165) is 31.0 Å². The van der Waals surface area contributed by atoms with E-state index in [4.69, 9.17) is 19.0 Å². The summed E-state index contributed by atoms with van der Waals surface area (Å²) in [6.45, 7) is 5.07. The summed E-state index contributed by atoms with van der Waals surface area (Å²) in [5.74, 6) is -3.51. The Morgan fingerprint density at radius 2 is 2.00 bits per heavy atom. The zero-order valence-corrected chi connectivity index (χ0v) is 26.1. The van der Waals surface area contributed by atoms with Crippen molar-refractivity contribution >= 4 is 23.7 Å².